The highest BCUT2D eigenvalue weighted by molar-refractivity contribution is 5.81. The molecule has 2 aliphatic heterocycles. The van der Waals surface area contributed by atoms with E-state index in [1.807, 2.05) is 4.90 Å². The fourth-order valence-corrected chi connectivity index (χ4v) is 3.15. The third-order valence-electron chi connectivity index (χ3n) is 4.44. The molecule has 20 heavy (non-hydrogen) atoms. The summed E-state index contributed by atoms with van der Waals surface area (Å²) >= 11 is 0. The SMILES string of the molecule is O=C1CN(CC(=O)NC2CCN(C3CC3)CC2)CCN1. The second-order valence-electron chi connectivity index (χ2n) is 6.17. The zero-order valence-corrected chi connectivity index (χ0v) is 11.9. The minimum absolute atomic E-state index is 0.0155. The van der Waals surface area contributed by atoms with E-state index >= 15 is 0 Å². The van der Waals surface area contributed by atoms with Crippen LogP contribution in [0, 0.1) is 0 Å². The summed E-state index contributed by atoms with van der Waals surface area (Å²) in [6.45, 7) is 4.32. The molecule has 1 aliphatic carbocycles. The Morgan fingerprint density at radius 1 is 1.20 bits per heavy atom. The summed E-state index contributed by atoms with van der Waals surface area (Å²) in [6.07, 6.45) is 4.83. The van der Waals surface area contributed by atoms with Gasteiger partial charge in [-0.05, 0) is 25.7 Å². The van der Waals surface area contributed by atoms with Gasteiger partial charge in [-0.1, -0.05) is 0 Å². The zero-order chi connectivity index (χ0) is 13.9. The molecule has 0 aromatic heterocycles. The molecule has 3 rings (SSSR count). The summed E-state index contributed by atoms with van der Waals surface area (Å²) < 4.78 is 0. The van der Waals surface area contributed by atoms with Crippen LogP contribution in [0.2, 0.25) is 0 Å². The lowest BCUT2D eigenvalue weighted by Crippen LogP contribution is -2.52. The molecule has 2 amide bonds. The first-order valence-corrected chi connectivity index (χ1v) is 7.73. The van der Waals surface area contributed by atoms with Crippen molar-refractivity contribution in [3.63, 3.8) is 0 Å². The molecule has 3 aliphatic rings. The number of piperidine rings is 1. The predicted octanol–water partition coefficient (Wildman–Crippen LogP) is -0.839. The molecule has 2 heterocycles. The van der Waals surface area contributed by atoms with Gasteiger partial charge in [-0.3, -0.25) is 14.5 Å². The van der Waals surface area contributed by atoms with Gasteiger partial charge in [0.2, 0.25) is 11.8 Å². The molecule has 0 aromatic carbocycles. The van der Waals surface area contributed by atoms with E-state index in [2.05, 4.69) is 15.5 Å². The van der Waals surface area contributed by atoms with Crippen LogP contribution in [0.1, 0.15) is 25.7 Å². The quantitative estimate of drug-likeness (QED) is 0.705. The highest BCUT2D eigenvalue weighted by Gasteiger charge is 2.32. The van der Waals surface area contributed by atoms with Crippen molar-refractivity contribution in [2.75, 3.05) is 39.3 Å². The molecular weight excluding hydrogens is 256 g/mol. The van der Waals surface area contributed by atoms with Crippen LogP contribution in [0.5, 0.6) is 0 Å². The standard InChI is InChI=1S/C14H24N4O2/c19-13-9-17(8-5-15-13)10-14(20)16-11-3-6-18(7-4-11)12-1-2-12/h11-12H,1-10H2,(H,15,19)(H,16,20). The fraction of sp³-hybridized carbons (Fsp3) is 0.857. The van der Waals surface area contributed by atoms with E-state index in [4.69, 9.17) is 0 Å². The predicted molar refractivity (Wildman–Crippen MR) is 75.2 cm³/mol. The van der Waals surface area contributed by atoms with Crippen LogP contribution >= 0.6 is 0 Å². The van der Waals surface area contributed by atoms with Crippen molar-refractivity contribution in [1.29, 1.82) is 0 Å². The Morgan fingerprint density at radius 3 is 2.60 bits per heavy atom. The van der Waals surface area contributed by atoms with Crippen LogP contribution in [0.25, 0.3) is 0 Å². The number of nitrogens with one attached hydrogen (secondary N) is 2. The second-order valence-corrected chi connectivity index (χ2v) is 6.17. The maximum atomic E-state index is 12.0. The van der Waals surface area contributed by atoms with Crippen molar-refractivity contribution in [1.82, 2.24) is 20.4 Å². The van der Waals surface area contributed by atoms with Gasteiger partial charge in [0.05, 0.1) is 13.1 Å². The maximum Gasteiger partial charge on any atom is 0.234 e. The van der Waals surface area contributed by atoms with E-state index < -0.39 is 0 Å². The Morgan fingerprint density at radius 2 is 1.95 bits per heavy atom. The third kappa shape index (κ3) is 3.70. The van der Waals surface area contributed by atoms with Gasteiger partial charge in [0.15, 0.2) is 0 Å². The van der Waals surface area contributed by atoms with Crippen LogP contribution in [-0.4, -0.2) is 73.0 Å². The molecule has 0 atom stereocenters. The molecule has 2 saturated heterocycles. The van der Waals surface area contributed by atoms with Crippen molar-refractivity contribution in [2.45, 2.75) is 37.8 Å². The monoisotopic (exact) mass is 280 g/mol. The van der Waals surface area contributed by atoms with E-state index in [-0.39, 0.29) is 11.8 Å². The van der Waals surface area contributed by atoms with Crippen molar-refractivity contribution >= 4 is 11.8 Å². The molecule has 0 unspecified atom stereocenters. The van der Waals surface area contributed by atoms with Gasteiger partial charge >= 0.3 is 0 Å². The molecule has 0 aromatic rings. The van der Waals surface area contributed by atoms with E-state index in [0.29, 0.717) is 25.7 Å². The van der Waals surface area contributed by atoms with E-state index in [0.717, 1.165) is 38.5 Å². The van der Waals surface area contributed by atoms with Gasteiger partial charge in [0.25, 0.3) is 0 Å². The molecule has 6 heteroatoms. The van der Waals surface area contributed by atoms with Crippen molar-refractivity contribution in [3.05, 3.63) is 0 Å². The van der Waals surface area contributed by atoms with E-state index in [1.54, 1.807) is 0 Å². The van der Waals surface area contributed by atoms with Crippen LogP contribution in [0.15, 0.2) is 0 Å². The first-order valence-electron chi connectivity index (χ1n) is 7.73. The van der Waals surface area contributed by atoms with Gasteiger partial charge in [-0.15, -0.1) is 0 Å². The molecule has 0 bridgehead atoms. The Labute approximate surface area is 119 Å². The molecular formula is C14H24N4O2. The normalized spacial score (nSPS) is 26.3. The van der Waals surface area contributed by atoms with Crippen LogP contribution in [0.4, 0.5) is 0 Å². The topological polar surface area (TPSA) is 64.7 Å². The van der Waals surface area contributed by atoms with Crippen molar-refractivity contribution in [3.8, 4) is 0 Å². The number of carbonyl (C=O) groups excluding carboxylic acids is 2. The third-order valence-corrected chi connectivity index (χ3v) is 4.44. The number of rotatable bonds is 4. The second kappa shape index (κ2) is 6.10. The Bertz CT molecular complexity index is 375. The minimum Gasteiger partial charge on any atom is -0.354 e. The Kier molecular flexibility index (Phi) is 4.21. The van der Waals surface area contributed by atoms with Gasteiger partial charge < -0.3 is 15.5 Å². The lowest BCUT2D eigenvalue weighted by molar-refractivity contribution is -0.127. The first-order chi connectivity index (χ1) is 9.70. The molecule has 0 spiro atoms. The summed E-state index contributed by atoms with van der Waals surface area (Å²) in [5, 5.41) is 5.89. The van der Waals surface area contributed by atoms with Gasteiger partial charge in [0, 0.05) is 38.3 Å². The summed E-state index contributed by atoms with van der Waals surface area (Å²) in [5.74, 6) is 0.0753. The first kappa shape index (κ1) is 13.8. The molecule has 112 valence electrons. The number of nitrogens with zero attached hydrogens (tertiary/aromatic N) is 2. The molecule has 1 saturated carbocycles. The average molecular weight is 280 g/mol. The number of hydrogen-bond acceptors (Lipinski definition) is 4. The molecule has 0 radical (unpaired) electrons. The lowest BCUT2D eigenvalue weighted by atomic mass is 10.0. The number of amides is 2. The Hall–Kier alpha value is -1.14. The molecule has 6 nitrogen and oxygen atoms in total. The largest absolute Gasteiger partial charge is 0.354 e. The zero-order valence-electron chi connectivity index (χ0n) is 11.9. The minimum atomic E-state index is 0.0155. The summed E-state index contributed by atoms with van der Waals surface area (Å²) in [6, 6.07) is 1.15. The molecule has 2 N–H and O–H groups in total. The number of likely N-dealkylation sites (tertiary alicyclic amines) is 1. The average Bonchev–Trinajstić information content (AvgIpc) is 3.24. The van der Waals surface area contributed by atoms with E-state index in [9.17, 15) is 9.59 Å². The highest BCUT2D eigenvalue weighted by atomic mass is 16.2. The van der Waals surface area contributed by atoms with Crippen molar-refractivity contribution in [2.24, 2.45) is 0 Å². The van der Waals surface area contributed by atoms with Crippen LogP contribution < -0.4 is 10.6 Å². The van der Waals surface area contributed by atoms with E-state index in [1.165, 1.54) is 12.8 Å². The van der Waals surface area contributed by atoms with Crippen molar-refractivity contribution < 1.29 is 9.59 Å². The number of piperazine rings is 1. The maximum absolute atomic E-state index is 12.0. The Balaban J connectivity index is 1.37. The lowest BCUT2D eigenvalue weighted by Gasteiger charge is -2.33. The van der Waals surface area contributed by atoms with Gasteiger partial charge in [-0.2, -0.15) is 0 Å². The summed E-state index contributed by atoms with van der Waals surface area (Å²) in [4.78, 5) is 27.7. The number of hydrogen-bond donors (Lipinski definition) is 2. The van der Waals surface area contributed by atoms with Crippen LogP contribution in [-0.2, 0) is 9.59 Å². The van der Waals surface area contributed by atoms with Gasteiger partial charge in [-0.25, -0.2) is 0 Å². The fourth-order valence-electron chi connectivity index (χ4n) is 3.15. The smallest absolute Gasteiger partial charge is 0.234 e. The summed E-state index contributed by atoms with van der Waals surface area (Å²) in [5.41, 5.74) is 0. The highest BCUT2D eigenvalue weighted by Crippen LogP contribution is 2.29. The summed E-state index contributed by atoms with van der Waals surface area (Å²) in [7, 11) is 0. The number of carbonyl (C=O) groups is 2. The van der Waals surface area contributed by atoms with Gasteiger partial charge in [0.1, 0.15) is 0 Å². The van der Waals surface area contributed by atoms with Crippen LogP contribution in [0.3, 0.4) is 0 Å². The molecule has 3 fully saturated rings.